The largest absolute Gasteiger partial charge is 0.772 e. The summed E-state index contributed by atoms with van der Waals surface area (Å²) >= 11 is -2.32. The van der Waals surface area contributed by atoms with Gasteiger partial charge < -0.3 is 9.87 Å². The lowest BCUT2D eigenvalue weighted by Crippen LogP contribution is -2.20. The first-order chi connectivity index (χ1) is 13.4. The second-order valence-corrected chi connectivity index (χ2v) is 7.84. The van der Waals surface area contributed by atoms with Crippen LogP contribution in [0.25, 0.3) is 22.0 Å². The van der Waals surface area contributed by atoms with Crippen molar-refractivity contribution in [3.63, 3.8) is 0 Å². The maximum absolute atomic E-state index is 15.1. The molecule has 1 fully saturated rings. The van der Waals surface area contributed by atoms with E-state index in [1.54, 1.807) is 13.0 Å². The molecule has 0 spiro atoms. The van der Waals surface area contributed by atoms with Gasteiger partial charge in [0, 0.05) is 40.9 Å². The van der Waals surface area contributed by atoms with Gasteiger partial charge in [0.2, 0.25) is 0 Å². The lowest BCUT2D eigenvalue weighted by molar-refractivity contribution is 0.0959. The third-order valence-corrected chi connectivity index (χ3v) is 5.57. The Morgan fingerprint density at radius 2 is 2.18 bits per heavy atom. The molecule has 1 aliphatic rings. The van der Waals surface area contributed by atoms with Gasteiger partial charge in [0.1, 0.15) is 17.0 Å². The summed E-state index contributed by atoms with van der Waals surface area (Å²) in [5.74, 6) is -1.00. The number of benzene rings is 1. The zero-order chi connectivity index (χ0) is 20.0. The van der Waals surface area contributed by atoms with Crippen molar-refractivity contribution in [1.29, 1.82) is 0 Å². The fourth-order valence-corrected chi connectivity index (χ4v) is 4.02. The third-order valence-electron chi connectivity index (χ3n) is 5.02. The van der Waals surface area contributed by atoms with Gasteiger partial charge in [0.05, 0.1) is 6.20 Å². The minimum Gasteiger partial charge on any atom is -0.772 e. The molecular weight excluding hydrogens is 383 g/mol. The lowest BCUT2D eigenvalue weighted by Gasteiger charge is -2.15. The standard InChI is InChI=1S/C19H19FN4O3S/c1-9-5-12(13(20)6-11(9)8-28(26)27)15-16-14(7-22-18(15)19(25)21-2)23-24-17(16)10-3-4-10/h5-7,10H,3-4,8H2,1-2H3,(H,21,25)(H,23,24)(H,26,27)/p-1. The minimum absolute atomic E-state index is 0.108. The zero-order valence-corrected chi connectivity index (χ0v) is 16.2. The zero-order valence-electron chi connectivity index (χ0n) is 15.3. The number of aromatic amines is 1. The van der Waals surface area contributed by atoms with Crippen molar-refractivity contribution in [1.82, 2.24) is 20.5 Å². The molecule has 2 aromatic heterocycles. The highest BCUT2D eigenvalue weighted by molar-refractivity contribution is 7.78. The number of carbonyl (C=O) groups excluding carboxylic acids is 1. The van der Waals surface area contributed by atoms with Crippen LogP contribution in [0, 0.1) is 12.7 Å². The van der Waals surface area contributed by atoms with Gasteiger partial charge in [0.25, 0.3) is 5.91 Å². The van der Waals surface area contributed by atoms with E-state index in [-0.39, 0.29) is 17.0 Å². The van der Waals surface area contributed by atoms with E-state index in [1.165, 1.54) is 19.3 Å². The Hall–Kier alpha value is -2.65. The maximum atomic E-state index is 15.1. The van der Waals surface area contributed by atoms with Crippen LogP contribution >= 0.6 is 0 Å². The number of nitrogens with one attached hydrogen (secondary N) is 2. The number of pyridine rings is 1. The number of nitrogens with zero attached hydrogens (tertiary/aromatic N) is 2. The predicted molar refractivity (Wildman–Crippen MR) is 102 cm³/mol. The highest BCUT2D eigenvalue weighted by Crippen LogP contribution is 2.45. The fourth-order valence-electron chi connectivity index (χ4n) is 3.45. The molecular formula is C19H18FN4O3S-. The molecule has 0 bridgehead atoms. The van der Waals surface area contributed by atoms with E-state index in [1.807, 2.05) is 0 Å². The smallest absolute Gasteiger partial charge is 0.270 e. The SMILES string of the molecule is CNC(=O)c1ncc2n[nH]c(C3CC3)c2c1-c1cc(C)c(CS(=O)[O-])cc1F. The van der Waals surface area contributed by atoms with Crippen LogP contribution in [0.1, 0.15) is 46.1 Å². The van der Waals surface area contributed by atoms with Gasteiger partial charge in [-0.15, -0.1) is 0 Å². The highest BCUT2D eigenvalue weighted by Gasteiger charge is 2.31. The molecule has 1 saturated carbocycles. The van der Waals surface area contributed by atoms with Crippen LogP contribution in [0.4, 0.5) is 4.39 Å². The Morgan fingerprint density at radius 3 is 2.82 bits per heavy atom. The number of amides is 1. The normalized spacial score (nSPS) is 15.0. The van der Waals surface area contributed by atoms with Crippen molar-refractivity contribution in [3.05, 3.63) is 46.7 Å². The van der Waals surface area contributed by atoms with E-state index in [0.717, 1.165) is 18.5 Å². The molecule has 0 saturated heterocycles. The van der Waals surface area contributed by atoms with Crippen LogP contribution in [0.2, 0.25) is 0 Å². The van der Waals surface area contributed by atoms with Gasteiger partial charge in [0.15, 0.2) is 0 Å². The first-order valence-electron chi connectivity index (χ1n) is 8.85. The Balaban J connectivity index is 2.01. The molecule has 1 aromatic carbocycles. The predicted octanol–water partition coefficient (Wildman–Crippen LogP) is 2.69. The number of rotatable bonds is 5. The van der Waals surface area contributed by atoms with Gasteiger partial charge >= 0.3 is 0 Å². The number of hydrogen-bond acceptors (Lipinski definition) is 5. The number of aryl methyl sites for hydroxylation is 1. The summed E-state index contributed by atoms with van der Waals surface area (Å²) < 4.78 is 37.2. The van der Waals surface area contributed by atoms with Crippen LogP contribution in [0.5, 0.6) is 0 Å². The molecule has 0 radical (unpaired) electrons. The number of halogens is 1. The molecule has 1 atom stereocenters. The molecule has 146 valence electrons. The summed E-state index contributed by atoms with van der Waals surface area (Å²) in [7, 11) is 1.49. The Morgan fingerprint density at radius 1 is 1.43 bits per heavy atom. The van der Waals surface area contributed by atoms with E-state index < -0.39 is 22.8 Å². The number of fused-ring (bicyclic) bond motifs is 1. The van der Waals surface area contributed by atoms with E-state index in [2.05, 4.69) is 20.5 Å². The molecule has 28 heavy (non-hydrogen) atoms. The van der Waals surface area contributed by atoms with Gasteiger partial charge in [-0.25, -0.2) is 9.37 Å². The third kappa shape index (κ3) is 3.20. The van der Waals surface area contributed by atoms with Crippen LogP contribution < -0.4 is 5.32 Å². The molecule has 2 N–H and O–H groups in total. The fraction of sp³-hybridized carbons (Fsp3) is 0.316. The van der Waals surface area contributed by atoms with Crippen LogP contribution in [-0.2, 0) is 16.8 Å². The molecule has 0 aliphatic heterocycles. The van der Waals surface area contributed by atoms with Crippen LogP contribution in [-0.4, -0.2) is 36.9 Å². The number of carbonyl (C=O) groups is 1. The number of H-pyrrole nitrogens is 1. The van der Waals surface area contributed by atoms with Crippen molar-refractivity contribution in [2.75, 3.05) is 7.05 Å². The van der Waals surface area contributed by atoms with Gasteiger partial charge in [-0.2, -0.15) is 5.10 Å². The quantitative estimate of drug-likeness (QED) is 0.639. The molecule has 1 aliphatic carbocycles. The molecule has 3 aromatic rings. The average Bonchev–Trinajstić information content (AvgIpc) is 3.41. The molecule has 2 heterocycles. The van der Waals surface area contributed by atoms with Crippen molar-refractivity contribution in [2.24, 2.45) is 0 Å². The molecule has 1 unspecified atom stereocenters. The first kappa shape index (κ1) is 18.7. The monoisotopic (exact) mass is 401 g/mol. The average molecular weight is 401 g/mol. The van der Waals surface area contributed by atoms with Gasteiger partial charge in [-0.05, 0) is 43.0 Å². The summed E-state index contributed by atoms with van der Waals surface area (Å²) in [4.78, 5) is 16.7. The highest BCUT2D eigenvalue weighted by atomic mass is 32.2. The summed E-state index contributed by atoms with van der Waals surface area (Å²) in [5.41, 5.74) is 3.13. The Labute approximate surface area is 163 Å². The Bertz CT molecular complexity index is 1120. The molecule has 9 heteroatoms. The topological polar surface area (TPSA) is 111 Å². The van der Waals surface area contributed by atoms with E-state index in [0.29, 0.717) is 33.5 Å². The van der Waals surface area contributed by atoms with Crippen molar-refractivity contribution in [2.45, 2.75) is 31.4 Å². The summed E-state index contributed by atoms with van der Waals surface area (Å²) in [6, 6.07) is 2.79. The number of hydrogen-bond donors (Lipinski definition) is 2. The van der Waals surface area contributed by atoms with Crippen LogP contribution in [0.3, 0.4) is 0 Å². The van der Waals surface area contributed by atoms with E-state index in [4.69, 9.17) is 0 Å². The molecule has 7 nitrogen and oxygen atoms in total. The minimum atomic E-state index is -2.32. The number of aromatic nitrogens is 3. The summed E-state index contributed by atoms with van der Waals surface area (Å²) in [6.45, 7) is 1.72. The molecule has 4 rings (SSSR count). The lowest BCUT2D eigenvalue weighted by atomic mass is 9.94. The van der Waals surface area contributed by atoms with Gasteiger partial charge in [-0.3, -0.25) is 14.1 Å². The molecule has 1 amide bonds. The first-order valence-corrected chi connectivity index (χ1v) is 10.1. The summed E-state index contributed by atoms with van der Waals surface area (Å²) in [6.07, 6.45) is 3.51. The van der Waals surface area contributed by atoms with E-state index in [9.17, 15) is 13.6 Å². The van der Waals surface area contributed by atoms with E-state index >= 15 is 4.39 Å². The maximum Gasteiger partial charge on any atom is 0.270 e. The Kier molecular flexibility index (Phi) is 4.72. The van der Waals surface area contributed by atoms with Crippen molar-refractivity contribution in [3.8, 4) is 11.1 Å². The second kappa shape index (κ2) is 7.06. The summed E-state index contributed by atoms with van der Waals surface area (Å²) in [5, 5.41) is 10.5. The van der Waals surface area contributed by atoms with Crippen molar-refractivity contribution >= 4 is 27.9 Å². The van der Waals surface area contributed by atoms with Gasteiger partial charge in [-0.1, -0.05) is 11.1 Å². The van der Waals surface area contributed by atoms with Crippen LogP contribution in [0.15, 0.2) is 18.3 Å². The van der Waals surface area contributed by atoms with Crippen molar-refractivity contribution < 1.29 is 17.9 Å². The second-order valence-electron chi connectivity index (χ2n) is 6.94.